The molecule has 4 nitrogen and oxygen atoms in total. The molecule has 0 bridgehead atoms. The molecule has 0 radical (unpaired) electrons. The van der Waals surface area contributed by atoms with Crippen molar-refractivity contribution in [1.29, 1.82) is 0 Å². The fourth-order valence-electron chi connectivity index (χ4n) is 7.04. The molecule has 2 aromatic heterocycles. The Morgan fingerprint density at radius 3 is 1.57 bits per heavy atom. The fraction of sp³-hybridized carbons (Fsp3) is 0. The molecule has 0 unspecified atom stereocenters. The van der Waals surface area contributed by atoms with E-state index in [-0.39, 0.29) is 0 Å². The predicted molar refractivity (Wildman–Crippen MR) is 201 cm³/mol. The summed E-state index contributed by atoms with van der Waals surface area (Å²) in [4.78, 5) is 15.0. The third-order valence-electron chi connectivity index (χ3n) is 9.49. The summed E-state index contributed by atoms with van der Waals surface area (Å²) in [6.45, 7) is 0. The lowest BCUT2D eigenvalue weighted by atomic mass is 9.94. The molecule has 0 atom stereocenters. The van der Waals surface area contributed by atoms with Gasteiger partial charge in [0.25, 0.3) is 0 Å². The molecule has 0 aliphatic rings. The normalized spacial score (nSPS) is 11.7. The van der Waals surface area contributed by atoms with Crippen LogP contribution >= 0.6 is 0 Å². The van der Waals surface area contributed by atoms with E-state index in [0.29, 0.717) is 17.5 Å². The Hall–Kier alpha value is -6.65. The molecule has 10 rings (SSSR count). The van der Waals surface area contributed by atoms with Crippen LogP contribution in [0.15, 0.2) is 168 Å². The van der Waals surface area contributed by atoms with Gasteiger partial charge in [-0.3, -0.25) is 0 Å². The van der Waals surface area contributed by atoms with Crippen molar-refractivity contribution < 1.29 is 4.42 Å². The molecule has 0 N–H and O–H groups in total. The van der Waals surface area contributed by atoms with Crippen LogP contribution in [-0.4, -0.2) is 15.0 Å². The molecule has 0 fully saturated rings. The smallest absolute Gasteiger partial charge is 0.164 e. The maximum Gasteiger partial charge on any atom is 0.164 e. The average Bonchev–Trinajstić information content (AvgIpc) is 3.54. The van der Waals surface area contributed by atoms with Crippen LogP contribution < -0.4 is 0 Å². The molecule has 4 heteroatoms. The van der Waals surface area contributed by atoms with Gasteiger partial charge in [-0.05, 0) is 67.7 Å². The lowest BCUT2D eigenvalue weighted by Gasteiger charge is -2.11. The number of hydrogen-bond donors (Lipinski definition) is 0. The van der Waals surface area contributed by atoms with Crippen LogP contribution in [0.5, 0.6) is 0 Å². The van der Waals surface area contributed by atoms with Gasteiger partial charge in [-0.1, -0.05) is 140 Å². The van der Waals surface area contributed by atoms with Gasteiger partial charge in [0.15, 0.2) is 17.5 Å². The number of aromatic nitrogens is 3. The van der Waals surface area contributed by atoms with E-state index in [1.807, 2.05) is 48.5 Å². The first-order valence-corrected chi connectivity index (χ1v) is 16.4. The van der Waals surface area contributed by atoms with Crippen LogP contribution in [0.2, 0.25) is 0 Å². The minimum absolute atomic E-state index is 0.641. The summed E-state index contributed by atoms with van der Waals surface area (Å²) in [6.07, 6.45) is 0. The Balaban J connectivity index is 1.13. The largest absolute Gasteiger partial charge is 0.456 e. The minimum Gasteiger partial charge on any atom is -0.456 e. The third-order valence-corrected chi connectivity index (χ3v) is 9.49. The van der Waals surface area contributed by atoms with Gasteiger partial charge in [-0.15, -0.1) is 0 Å². The van der Waals surface area contributed by atoms with Gasteiger partial charge in [0.1, 0.15) is 11.2 Å². The summed E-state index contributed by atoms with van der Waals surface area (Å²) in [6, 6.07) is 57.0. The Kier molecular flexibility index (Phi) is 6.15. The van der Waals surface area contributed by atoms with E-state index in [1.165, 1.54) is 27.1 Å². The summed E-state index contributed by atoms with van der Waals surface area (Å²) in [5.74, 6) is 1.93. The number of nitrogens with zero attached hydrogens (tertiary/aromatic N) is 3. The van der Waals surface area contributed by atoms with Crippen molar-refractivity contribution in [2.75, 3.05) is 0 Å². The number of benzene rings is 8. The minimum atomic E-state index is 0.641. The Morgan fingerprint density at radius 2 is 0.837 bits per heavy atom. The lowest BCUT2D eigenvalue weighted by molar-refractivity contribution is 0.669. The van der Waals surface area contributed by atoms with Gasteiger partial charge < -0.3 is 4.42 Å². The van der Waals surface area contributed by atoms with E-state index in [9.17, 15) is 0 Å². The predicted octanol–water partition coefficient (Wildman–Crippen LogP) is 11.9. The van der Waals surface area contributed by atoms with E-state index in [0.717, 1.165) is 55.0 Å². The van der Waals surface area contributed by atoms with Gasteiger partial charge in [-0.2, -0.15) is 0 Å². The molecule has 49 heavy (non-hydrogen) atoms. The van der Waals surface area contributed by atoms with Gasteiger partial charge in [0.2, 0.25) is 0 Å². The molecule has 0 saturated heterocycles. The second kappa shape index (κ2) is 11.0. The lowest BCUT2D eigenvalue weighted by Crippen LogP contribution is -2.00. The fourth-order valence-corrected chi connectivity index (χ4v) is 7.04. The molecule has 0 amide bonds. The van der Waals surface area contributed by atoms with E-state index in [4.69, 9.17) is 19.4 Å². The first-order valence-electron chi connectivity index (χ1n) is 16.4. The summed E-state index contributed by atoms with van der Waals surface area (Å²) in [7, 11) is 0. The molecule has 0 aliphatic heterocycles. The first-order chi connectivity index (χ1) is 24.2. The number of hydrogen-bond acceptors (Lipinski definition) is 4. The molecule has 228 valence electrons. The van der Waals surface area contributed by atoms with Gasteiger partial charge in [-0.25, -0.2) is 15.0 Å². The number of fused-ring (bicyclic) bond motifs is 8. The van der Waals surface area contributed by atoms with Gasteiger partial charge in [0.05, 0.1) is 0 Å². The highest BCUT2D eigenvalue weighted by Crippen LogP contribution is 2.38. The molecule has 2 heterocycles. The van der Waals surface area contributed by atoms with Crippen LogP contribution in [0.1, 0.15) is 0 Å². The molecule has 0 saturated carbocycles. The topological polar surface area (TPSA) is 51.8 Å². The number of furan rings is 1. The summed E-state index contributed by atoms with van der Waals surface area (Å²) in [5.41, 5.74) is 6.97. The van der Waals surface area contributed by atoms with Crippen molar-refractivity contribution in [3.8, 4) is 45.3 Å². The Morgan fingerprint density at radius 1 is 0.306 bits per heavy atom. The highest BCUT2D eigenvalue weighted by Gasteiger charge is 2.15. The molecule has 0 spiro atoms. The monoisotopic (exact) mass is 625 g/mol. The molecular formula is C45H27N3O. The van der Waals surface area contributed by atoms with E-state index < -0.39 is 0 Å². The highest BCUT2D eigenvalue weighted by atomic mass is 16.3. The zero-order valence-electron chi connectivity index (χ0n) is 26.3. The molecular weight excluding hydrogens is 599 g/mol. The van der Waals surface area contributed by atoms with Crippen molar-refractivity contribution in [2.24, 2.45) is 0 Å². The van der Waals surface area contributed by atoms with Crippen molar-refractivity contribution in [3.63, 3.8) is 0 Å². The SMILES string of the molecule is c1ccc(-c2ccc(-c3nc(-c4ccccc4)nc(-c4ccc5c(ccc6ccc7cc8oc9ccccc9c8cc7c65)c4)n3)cc2)cc1. The number of rotatable bonds is 4. The van der Waals surface area contributed by atoms with Crippen molar-refractivity contribution in [1.82, 2.24) is 15.0 Å². The highest BCUT2D eigenvalue weighted by molar-refractivity contribution is 6.23. The zero-order valence-corrected chi connectivity index (χ0v) is 26.3. The van der Waals surface area contributed by atoms with Crippen LogP contribution in [0.4, 0.5) is 0 Å². The molecule has 0 aliphatic carbocycles. The third kappa shape index (κ3) is 4.65. The van der Waals surface area contributed by atoms with Crippen molar-refractivity contribution in [2.45, 2.75) is 0 Å². The van der Waals surface area contributed by atoms with Crippen LogP contribution in [-0.2, 0) is 0 Å². The van der Waals surface area contributed by atoms with Crippen LogP contribution in [0.3, 0.4) is 0 Å². The average molecular weight is 626 g/mol. The van der Waals surface area contributed by atoms with Gasteiger partial charge >= 0.3 is 0 Å². The van der Waals surface area contributed by atoms with Crippen molar-refractivity contribution in [3.05, 3.63) is 164 Å². The maximum atomic E-state index is 6.21. The summed E-state index contributed by atoms with van der Waals surface area (Å²) < 4.78 is 6.21. The second-order valence-corrected chi connectivity index (χ2v) is 12.4. The first kappa shape index (κ1) is 27.5. The molecule has 8 aromatic carbocycles. The summed E-state index contributed by atoms with van der Waals surface area (Å²) in [5, 5.41) is 9.38. The molecule has 10 aromatic rings. The maximum absolute atomic E-state index is 6.21. The number of para-hydroxylation sites is 1. The standard InChI is InChI=1S/C45H27N3O/c1-3-9-28(10-4-1)29-15-19-32(20-16-29)44-46-43(31-11-5-2-6-12-31)47-45(48-44)35-23-24-36-33(25-35)21-17-30-18-22-34-26-41-39(27-38(34)42(30)36)37-13-7-8-14-40(37)49-41/h1-27H. The Bertz CT molecular complexity index is 2860. The van der Waals surface area contributed by atoms with E-state index >= 15 is 0 Å². The van der Waals surface area contributed by atoms with E-state index in [2.05, 4.69) is 115 Å². The Labute approximate surface area is 282 Å². The van der Waals surface area contributed by atoms with E-state index in [1.54, 1.807) is 0 Å². The zero-order chi connectivity index (χ0) is 32.3. The van der Waals surface area contributed by atoms with Crippen LogP contribution in [0.25, 0.3) is 99.5 Å². The second-order valence-electron chi connectivity index (χ2n) is 12.4. The van der Waals surface area contributed by atoms with Crippen LogP contribution in [0, 0.1) is 0 Å². The summed E-state index contributed by atoms with van der Waals surface area (Å²) >= 11 is 0. The van der Waals surface area contributed by atoms with Gasteiger partial charge in [0, 0.05) is 27.5 Å². The quantitative estimate of drug-likeness (QED) is 0.183. The van der Waals surface area contributed by atoms with Crippen molar-refractivity contribution >= 4 is 54.3 Å².